The summed E-state index contributed by atoms with van der Waals surface area (Å²) in [6, 6.07) is 9.59. The molecule has 0 aliphatic heterocycles. The Balaban J connectivity index is 0.000000189. The maximum atomic E-state index is 13.6. The molecule has 4 aromatic heterocycles. The fraction of sp³-hybridized carbons (Fsp3) is 0.500. The SMILES string of the molecule is CC(C)(C)c1nc2cc(S(=O)(=O)n3cc(C(=O)O)cn3)ccc2n1CC1CCC(F)CC1.CC(C)(C)c1nc2cc(S(=O)(=O)n3cc(C=O)cn3)ccc2n1CC1CCC(F)CC1. The summed E-state index contributed by atoms with van der Waals surface area (Å²) in [7, 11) is -8.00. The zero-order chi connectivity index (χ0) is 45.6. The lowest BCUT2D eigenvalue weighted by Gasteiger charge is -2.27. The second-order valence-corrected chi connectivity index (χ2v) is 22.4. The van der Waals surface area contributed by atoms with E-state index in [1.807, 2.05) is 0 Å². The number of aromatic carboxylic acids is 1. The van der Waals surface area contributed by atoms with E-state index in [0.29, 0.717) is 65.5 Å². The van der Waals surface area contributed by atoms with Gasteiger partial charge in [-0.2, -0.15) is 35.2 Å². The largest absolute Gasteiger partial charge is 0.478 e. The lowest BCUT2D eigenvalue weighted by atomic mass is 9.87. The standard InChI is InChI=1S/C22H27FN4O4S.C22H27FN4O3S/c1-22(2,3)21-25-18-10-17(32(30,31)27-13-15(11-24-27)20(28)29)8-9-19(18)26(21)12-14-4-6-16(23)7-5-14;1-22(2,3)21-25-19-10-18(31(29,30)27-13-16(14-28)11-24-27)8-9-20(19)26(21)12-15-4-6-17(23)7-5-15/h8-11,13-14,16H,4-7,12H2,1-3H3,(H,28,29);8-11,13-15,17H,4-7,12H2,1-3H3. The number of aldehydes is 1. The molecule has 2 saturated carbocycles. The van der Waals surface area contributed by atoms with Crippen LogP contribution in [0.1, 0.15) is 125 Å². The molecule has 0 radical (unpaired) electrons. The minimum atomic E-state index is -4.06. The number of rotatable bonds is 10. The number of nitrogens with zero attached hydrogens (tertiary/aromatic N) is 8. The van der Waals surface area contributed by atoms with Crippen LogP contribution in [0.2, 0.25) is 0 Å². The summed E-state index contributed by atoms with van der Waals surface area (Å²) in [6.45, 7) is 13.8. The van der Waals surface area contributed by atoms with Gasteiger partial charge in [0, 0.05) is 23.9 Å². The summed E-state index contributed by atoms with van der Waals surface area (Å²) in [6.07, 6.45) is 9.17. The van der Waals surface area contributed by atoms with E-state index < -0.39 is 38.4 Å². The number of carboxylic acids is 1. The first-order chi connectivity index (χ1) is 29.6. The van der Waals surface area contributed by atoms with Crippen LogP contribution in [0.25, 0.3) is 22.1 Å². The van der Waals surface area contributed by atoms with Crippen LogP contribution in [0, 0.1) is 11.8 Å². The number of imidazole rings is 2. The van der Waals surface area contributed by atoms with Crippen LogP contribution in [0.5, 0.6) is 0 Å². The second kappa shape index (κ2) is 17.3. The Labute approximate surface area is 365 Å². The summed E-state index contributed by atoms with van der Waals surface area (Å²) in [4.78, 5) is 31.6. The first-order valence-corrected chi connectivity index (χ1v) is 24.0. The number of carbonyl (C=O) groups is 2. The van der Waals surface area contributed by atoms with Crippen LogP contribution in [-0.2, 0) is 44.0 Å². The first kappa shape index (κ1) is 45.7. The molecule has 15 nitrogen and oxygen atoms in total. The van der Waals surface area contributed by atoms with Crippen molar-refractivity contribution >= 4 is 54.4 Å². The van der Waals surface area contributed by atoms with Crippen molar-refractivity contribution in [2.75, 3.05) is 0 Å². The van der Waals surface area contributed by atoms with E-state index in [-0.39, 0.29) is 31.7 Å². The summed E-state index contributed by atoms with van der Waals surface area (Å²) in [5.41, 5.74) is 2.28. The van der Waals surface area contributed by atoms with E-state index in [1.165, 1.54) is 24.5 Å². The molecule has 0 unspecified atom stereocenters. The molecule has 2 aliphatic carbocycles. The van der Waals surface area contributed by atoms with E-state index in [0.717, 1.165) is 71.4 Å². The first-order valence-electron chi connectivity index (χ1n) is 21.1. The summed E-state index contributed by atoms with van der Waals surface area (Å²) < 4.78 is 84.8. The fourth-order valence-electron chi connectivity index (χ4n) is 8.45. The number of hydrogen-bond acceptors (Lipinski definition) is 10. The van der Waals surface area contributed by atoms with Gasteiger partial charge in [-0.15, -0.1) is 0 Å². The highest BCUT2D eigenvalue weighted by molar-refractivity contribution is 7.90. The van der Waals surface area contributed by atoms with Gasteiger partial charge in [0.15, 0.2) is 6.29 Å². The van der Waals surface area contributed by atoms with Crippen molar-refractivity contribution in [1.29, 1.82) is 0 Å². The van der Waals surface area contributed by atoms with Gasteiger partial charge in [-0.1, -0.05) is 41.5 Å². The Hall–Kier alpha value is -5.30. The Morgan fingerprint density at radius 1 is 0.683 bits per heavy atom. The van der Waals surface area contributed by atoms with Crippen LogP contribution in [0.3, 0.4) is 0 Å². The van der Waals surface area contributed by atoms with Gasteiger partial charge in [0.2, 0.25) is 0 Å². The number of hydrogen-bond donors (Lipinski definition) is 1. The Bertz CT molecular complexity index is 2870. The molecule has 0 saturated heterocycles. The average Bonchev–Trinajstić information content (AvgIpc) is 4.05. The highest BCUT2D eigenvalue weighted by Crippen LogP contribution is 2.35. The van der Waals surface area contributed by atoms with Gasteiger partial charge in [-0.25, -0.2) is 23.5 Å². The fourth-order valence-corrected chi connectivity index (χ4v) is 10.7. The quantitative estimate of drug-likeness (QED) is 0.131. The Morgan fingerprint density at radius 2 is 1.10 bits per heavy atom. The van der Waals surface area contributed by atoms with Crippen LogP contribution < -0.4 is 0 Å². The normalized spacial score (nSPS) is 20.1. The van der Waals surface area contributed by atoms with Crippen LogP contribution >= 0.6 is 0 Å². The smallest absolute Gasteiger partial charge is 0.338 e. The van der Waals surface area contributed by atoms with Gasteiger partial charge in [-0.3, -0.25) is 4.79 Å². The molecular formula is C44H54F2N8O7S2. The maximum Gasteiger partial charge on any atom is 0.338 e. The number of aromatic nitrogens is 8. The highest BCUT2D eigenvalue weighted by Gasteiger charge is 2.30. The summed E-state index contributed by atoms with van der Waals surface area (Å²) in [5, 5.41) is 16.6. The van der Waals surface area contributed by atoms with E-state index in [4.69, 9.17) is 15.1 Å². The average molecular weight is 909 g/mol. The monoisotopic (exact) mass is 908 g/mol. The molecule has 6 aromatic rings. The number of benzene rings is 2. The molecule has 19 heteroatoms. The van der Waals surface area contributed by atoms with Gasteiger partial charge < -0.3 is 14.2 Å². The number of carbonyl (C=O) groups excluding carboxylic acids is 1. The minimum absolute atomic E-state index is 0.0203. The lowest BCUT2D eigenvalue weighted by Crippen LogP contribution is -2.24. The number of fused-ring (bicyclic) bond motifs is 2. The van der Waals surface area contributed by atoms with Gasteiger partial charge >= 0.3 is 5.97 Å². The van der Waals surface area contributed by atoms with E-state index in [9.17, 15) is 35.2 Å². The molecule has 0 atom stereocenters. The molecule has 2 aliphatic rings. The minimum Gasteiger partial charge on any atom is -0.478 e. The van der Waals surface area contributed by atoms with Gasteiger partial charge in [-0.05, 0) is 99.6 Å². The van der Waals surface area contributed by atoms with Crippen LogP contribution in [-0.4, -0.2) is 84.0 Å². The second-order valence-electron chi connectivity index (χ2n) is 18.8. The third-order valence-electron chi connectivity index (χ3n) is 11.8. The van der Waals surface area contributed by atoms with Crippen molar-refractivity contribution in [3.05, 3.63) is 84.0 Å². The van der Waals surface area contributed by atoms with E-state index in [1.54, 1.807) is 24.3 Å². The molecule has 0 spiro atoms. The van der Waals surface area contributed by atoms with Gasteiger partial charge in [0.05, 0.1) is 67.8 Å². The van der Waals surface area contributed by atoms with E-state index >= 15 is 0 Å². The molecule has 63 heavy (non-hydrogen) atoms. The molecule has 4 heterocycles. The molecule has 0 bridgehead atoms. The topological polar surface area (TPSA) is 194 Å². The van der Waals surface area contributed by atoms with Crippen molar-refractivity contribution in [2.24, 2.45) is 11.8 Å². The lowest BCUT2D eigenvalue weighted by molar-refractivity contribution is 0.0696. The van der Waals surface area contributed by atoms with Crippen molar-refractivity contribution in [1.82, 2.24) is 37.5 Å². The zero-order valence-electron chi connectivity index (χ0n) is 36.3. The predicted octanol–water partition coefficient (Wildman–Crippen LogP) is 8.10. The summed E-state index contributed by atoms with van der Waals surface area (Å²) in [5.74, 6) is 1.19. The number of carboxylic acid groups (broad SMARTS) is 1. The van der Waals surface area contributed by atoms with Crippen molar-refractivity contribution in [3.8, 4) is 0 Å². The van der Waals surface area contributed by atoms with Gasteiger partial charge in [0.25, 0.3) is 20.0 Å². The maximum absolute atomic E-state index is 13.6. The van der Waals surface area contributed by atoms with Crippen molar-refractivity contribution in [3.63, 3.8) is 0 Å². The molecule has 0 amide bonds. The van der Waals surface area contributed by atoms with Gasteiger partial charge in [0.1, 0.15) is 24.0 Å². The Morgan fingerprint density at radius 3 is 1.46 bits per heavy atom. The van der Waals surface area contributed by atoms with Crippen molar-refractivity contribution < 1.29 is 40.3 Å². The molecular weight excluding hydrogens is 855 g/mol. The zero-order valence-corrected chi connectivity index (χ0v) is 37.9. The molecule has 2 aromatic carbocycles. The predicted molar refractivity (Wildman–Crippen MR) is 233 cm³/mol. The molecule has 338 valence electrons. The van der Waals surface area contributed by atoms with Crippen LogP contribution in [0.4, 0.5) is 8.78 Å². The van der Waals surface area contributed by atoms with E-state index in [2.05, 4.69) is 60.9 Å². The third kappa shape index (κ3) is 9.63. The number of halogens is 2. The number of alkyl halides is 2. The molecule has 1 N–H and O–H groups in total. The molecule has 8 rings (SSSR count). The highest BCUT2D eigenvalue weighted by atomic mass is 32.2. The Kier molecular flexibility index (Phi) is 12.6. The third-order valence-corrected chi connectivity index (χ3v) is 14.9. The van der Waals surface area contributed by atoms with Crippen molar-refractivity contribution in [2.45, 2.75) is 139 Å². The summed E-state index contributed by atoms with van der Waals surface area (Å²) >= 11 is 0. The molecule has 2 fully saturated rings. The van der Waals surface area contributed by atoms with Crippen LogP contribution in [0.15, 0.2) is 71.0 Å².